The van der Waals surface area contributed by atoms with Gasteiger partial charge in [0.15, 0.2) is 6.29 Å². The van der Waals surface area contributed by atoms with E-state index in [-0.39, 0.29) is 6.61 Å². The molecule has 0 saturated carbocycles. The fourth-order valence-electron chi connectivity index (χ4n) is 1.75. The zero-order valence-electron chi connectivity index (χ0n) is 12.0. The van der Waals surface area contributed by atoms with Gasteiger partial charge in [-0.05, 0) is 18.6 Å². The van der Waals surface area contributed by atoms with Crippen LogP contribution in [0.2, 0.25) is 5.15 Å². The van der Waals surface area contributed by atoms with Gasteiger partial charge in [0.25, 0.3) is 0 Å². The van der Waals surface area contributed by atoms with Crippen molar-refractivity contribution in [1.29, 1.82) is 0 Å². The molecule has 0 fully saturated rings. The molecular formula is C15H17ClN2O3. The number of rotatable bonds is 7. The van der Waals surface area contributed by atoms with Gasteiger partial charge in [-0.15, -0.1) is 0 Å². The standard InChI is InChI=1S/C15H17ClN2O3/c1-3-6-20-12-5-4-11(9-19)13(7-12)21-10-15-17-8-14(16)18(15)2/h4-5,7-9H,3,6,10H2,1-2H3. The molecule has 112 valence electrons. The van der Waals surface area contributed by atoms with Crippen LogP contribution in [0, 0.1) is 0 Å². The lowest BCUT2D eigenvalue weighted by Crippen LogP contribution is -2.05. The maximum absolute atomic E-state index is 11.1. The number of halogens is 1. The molecule has 5 nitrogen and oxygen atoms in total. The molecule has 0 radical (unpaired) electrons. The third kappa shape index (κ3) is 3.76. The Labute approximate surface area is 128 Å². The van der Waals surface area contributed by atoms with Gasteiger partial charge in [-0.3, -0.25) is 4.79 Å². The Bertz CT molecular complexity index is 625. The van der Waals surface area contributed by atoms with Crippen LogP contribution in [-0.4, -0.2) is 22.4 Å². The van der Waals surface area contributed by atoms with Crippen LogP contribution >= 0.6 is 11.6 Å². The molecule has 1 heterocycles. The first-order valence-corrected chi connectivity index (χ1v) is 7.04. The van der Waals surface area contributed by atoms with Gasteiger partial charge in [-0.25, -0.2) is 4.98 Å². The van der Waals surface area contributed by atoms with E-state index in [0.29, 0.717) is 34.6 Å². The summed E-state index contributed by atoms with van der Waals surface area (Å²) >= 11 is 5.92. The van der Waals surface area contributed by atoms with Crippen LogP contribution in [0.25, 0.3) is 0 Å². The Morgan fingerprint density at radius 1 is 1.38 bits per heavy atom. The second-order valence-electron chi connectivity index (χ2n) is 4.51. The average Bonchev–Trinajstić information content (AvgIpc) is 2.82. The molecule has 0 unspecified atom stereocenters. The Hall–Kier alpha value is -2.01. The summed E-state index contributed by atoms with van der Waals surface area (Å²) in [6, 6.07) is 5.15. The van der Waals surface area contributed by atoms with E-state index in [1.807, 2.05) is 6.92 Å². The highest BCUT2D eigenvalue weighted by Gasteiger charge is 2.09. The summed E-state index contributed by atoms with van der Waals surface area (Å²) in [5, 5.41) is 0.532. The highest BCUT2D eigenvalue weighted by molar-refractivity contribution is 6.29. The number of aldehydes is 1. The summed E-state index contributed by atoms with van der Waals surface area (Å²) in [5.41, 5.74) is 0.471. The second-order valence-corrected chi connectivity index (χ2v) is 4.90. The van der Waals surface area contributed by atoms with Crippen molar-refractivity contribution in [2.45, 2.75) is 20.0 Å². The number of carbonyl (C=O) groups excluding carboxylic acids is 1. The molecule has 0 bridgehead atoms. The van der Waals surface area contributed by atoms with Crippen molar-refractivity contribution in [3.05, 3.63) is 40.9 Å². The number of hydrogen-bond acceptors (Lipinski definition) is 4. The number of carbonyl (C=O) groups is 1. The predicted molar refractivity (Wildman–Crippen MR) is 80.2 cm³/mol. The Kier molecular flexibility index (Phi) is 5.22. The van der Waals surface area contributed by atoms with Gasteiger partial charge >= 0.3 is 0 Å². The molecule has 0 atom stereocenters. The van der Waals surface area contributed by atoms with E-state index in [1.165, 1.54) is 0 Å². The number of benzene rings is 1. The van der Waals surface area contributed by atoms with E-state index in [2.05, 4.69) is 4.98 Å². The van der Waals surface area contributed by atoms with Crippen molar-refractivity contribution in [1.82, 2.24) is 9.55 Å². The molecular weight excluding hydrogens is 292 g/mol. The first kappa shape index (κ1) is 15.4. The molecule has 0 spiro atoms. The zero-order valence-corrected chi connectivity index (χ0v) is 12.8. The van der Waals surface area contributed by atoms with Crippen LogP contribution in [0.15, 0.2) is 24.4 Å². The minimum atomic E-state index is 0.224. The van der Waals surface area contributed by atoms with Gasteiger partial charge in [0.05, 0.1) is 18.4 Å². The summed E-state index contributed by atoms with van der Waals surface area (Å²) in [6.45, 7) is 2.87. The monoisotopic (exact) mass is 308 g/mol. The number of nitrogens with zero attached hydrogens (tertiary/aromatic N) is 2. The molecule has 1 aromatic heterocycles. The van der Waals surface area contributed by atoms with E-state index < -0.39 is 0 Å². The van der Waals surface area contributed by atoms with Crippen molar-refractivity contribution < 1.29 is 14.3 Å². The predicted octanol–water partition coefficient (Wildman–Crippen LogP) is 3.25. The van der Waals surface area contributed by atoms with Gasteiger partial charge < -0.3 is 14.0 Å². The largest absolute Gasteiger partial charge is 0.493 e. The van der Waals surface area contributed by atoms with Crippen LogP contribution in [0.4, 0.5) is 0 Å². The summed E-state index contributed by atoms with van der Waals surface area (Å²) in [5.74, 6) is 1.82. The molecule has 0 aliphatic carbocycles. The number of aromatic nitrogens is 2. The van der Waals surface area contributed by atoms with E-state index in [9.17, 15) is 4.79 Å². The highest BCUT2D eigenvalue weighted by atomic mass is 35.5. The maximum Gasteiger partial charge on any atom is 0.153 e. The van der Waals surface area contributed by atoms with Gasteiger partial charge in [-0.2, -0.15) is 0 Å². The van der Waals surface area contributed by atoms with Crippen molar-refractivity contribution in [2.75, 3.05) is 6.61 Å². The third-order valence-corrected chi connectivity index (χ3v) is 3.32. The molecule has 0 saturated heterocycles. The quantitative estimate of drug-likeness (QED) is 0.737. The lowest BCUT2D eigenvalue weighted by atomic mass is 10.2. The third-order valence-electron chi connectivity index (χ3n) is 2.97. The highest BCUT2D eigenvalue weighted by Crippen LogP contribution is 2.25. The minimum absolute atomic E-state index is 0.224. The lowest BCUT2D eigenvalue weighted by molar-refractivity contribution is 0.111. The first-order chi connectivity index (χ1) is 10.2. The van der Waals surface area contributed by atoms with Crippen LogP contribution in [-0.2, 0) is 13.7 Å². The van der Waals surface area contributed by atoms with Gasteiger partial charge in [0.2, 0.25) is 0 Å². The Morgan fingerprint density at radius 2 is 2.19 bits per heavy atom. The SMILES string of the molecule is CCCOc1ccc(C=O)c(OCc2ncc(Cl)n2C)c1. The molecule has 1 aromatic carbocycles. The van der Waals surface area contributed by atoms with Crippen LogP contribution in [0.3, 0.4) is 0 Å². The van der Waals surface area contributed by atoms with E-state index >= 15 is 0 Å². The molecule has 0 aliphatic heterocycles. The smallest absolute Gasteiger partial charge is 0.153 e. The summed E-state index contributed by atoms with van der Waals surface area (Å²) in [4.78, 5) is 15.2. The van der Waals surface area contributed by atoms with Crippen molar-refractivity contribution in [3.63, 3.8) is 0 Å². The minimum Gasteiger partial charge on any atom is -0.493 e. The maximum atomic E-state index is 11.1. The molecule has 2 rings (SSSR count). The van der Waals surface area contributed by atoms with E-state index in [4.69, 9.17) is 21.1 Å². The summed E-state index contributed by atoms with van der Waals surface area (Å²) < 4.78 is 12.9. The van der Waals surface area contributed by atoms with Crippen LogP contribution in [0.1, 0.15) is 29.5 Å². The Morgan fingerprint density at radius 3 is 2.81 bits per heavy atom. The van der Waals surface area contributed by atoms with Crippen molar-refractivity contribution in [2.24, 2.45) is 7.05 Å². The summed E-state index contributed by atoms with van der Waals surface area (Å²) in [6.07, 6.45) is 3.23. The van der Waals surface area contributed by atoms with Gasteiger partial charge in [0, 0.05) is 13.1 Å². The fourth-order valence-corrected chi connectivity index (χ4v) is 1.89. The number of hydrogen-bond donors (Lipinski definition) is 0. The molecule has 2 aromatic rings. The van der Waals surface area contributed by atoms with E-state index in [1.54, 1.807) is 36.0 Å². The van der Waals surface area contributed by atoms with Crippen LogP contribution in [0.5, 0.6) is 11.5 Å². The number of ether oxygens (including phenoxy) is 2. The molecule has 21 heavy (non-hydrogen) atoms. The zero-order chi connectivity index (χ0) is 15.2. The fraction of sp³-hybridized carbons (Fsp3) is 0.333. The molecule has 0 amide bonds. The molecule has 6 heteroatoms. The average molecular weight is 309 g/mol. The van der Waals surface area contributed by atoms with E-state index in [0.717, 1.165) is 12.7 Å². The molecule has 0 aliphatic rings. The number of imidazole rings is 1. The summed E-state index contributed by atoms with van der Waals surface area (Å²) in [7, 11) is 1.80. The first-order valence-electron chi connectivity index (χ1n) is 6.66. The Balaban J connectivity index is 2.13. The van der Waals surface area contributed by atoms with Crippen molar-refractivity contribution >= 4 is 17.9 Å². The van der Waals surface area contributed by atoms with Gasteiger partial charge in [0.1, 0.15) is 29.1 Å². The normalized spacial score (nSPS) is 10.4. The van der Waals surface area contributed by atoms with Crippen molar-refractivity contribution in [3.8, 4) is 11.5 Å². The molecule has 0 N–H and O–H groups in total. The van der Waals surface area contributed by atoms with Crippen LogP contribution < -0.4 is 9.47 Å². The lowest BCUT2D eigenvalue weighted by Gasteiger charge is -2.11. The topological polar surface area (TPSA) is 53.4 Å². The van der Waals surface area contributed by atoms with Gasteiger partial charge in [-0.1, -0.05) is 18.5 Å². The second kappa shape index (κ2) is 7.13.